The van der Waals surface area contributed by atoms with Gasteiger partial charge in [0.25, 0.3) is 5.56 Å². The zero-order valence-corrected chi connectivity index (χ0v) is 10.1. The predicted molar refractivity (Wildman–Crippen MR) is 66.4 cm³/mol. The van der Waals surface area contributed by atoms with Crippen LogP contribution in [0.1, 0.15) is 0 Å². The minimum atomic E-state index is -0.603. The predicted octanol–water partition coefficient (Wildman–Crippen LogP) is 0.857. The highest BCUT2D eigenvalue weighted by atomic mass is 16.6. The molecule has 8 nitrogen and oxygen atoms in total. The molecule has 1 aromatic heterocycles. The Kier molecular flexibility index (Phi) is 3.71. The van der Waals surface area contributed by atoms with Crippen molar-refractivity contribution < 1.29 is 14.4 Å². The summed E-state index contributed by atoms with van der Waals surface area (Å²) in [6, 6.07) is 2.53. The zero-order chi connectivity index (χ0) is 13.8. The molecule has 2 aromatic rings. The minimum Gasteiger partial charge on any atom is -0.484 e. The van der Waals surface area contributed by atoms with E-state index >= 15 is 0 Å². The highest BCUT2D eigenvalue weighted by Crippen LogP contribution is 2.29. The van der Waals surface area contributed by atoms with Crippen LogP contribution in [0.15, 0.2) is 23.3 Å². The Balaban J connectivity index is 2.52. The lowest BCUT2D eigenvalue weighted by Crippen LogP contribution is -2.09. The van der Waals surface area contributed by atoms with Crippen molar-refractivity contribution in [2.75, 3.05) is 20.3 Å². The Hall–Kier alpha value is -2.48. The van der Waals surface area contributed by atoms with E-state index in [4.69, 9.17) is 9.47 Å². The molecule has 100 valence electrons. The van der Waals surface area contributed by atoms with E-state index in [9.17, 15) is 14.9 Å². The molecular formula is C11H11N3O5. The number of nitro benzene ring substituents is 1. The van der Waals surface area contributed by atoms with Crippen LogP contribution in [0.2, 0.25) is 0 Å². The Labute approximate surface area is 107 Å². The molecule has 0 aliphatic heterocycles. The standard InChI is InChI=1S/C11H11N3O5/c1-18-2-3-19-10-5-8-7(4-9(10)14(16)17)11(15)13-6-12-8/h4-6H,2-3H2,1H3,(H,12,13,15). The molecule has 1 N–H and O–H groups in total. The number of ether oxygens (including phenoxy) is 2. The number of H-pyrrole nitrogens is 1. The van der Waals surface area contributed by atoms with Crippen LogP contribution in [-0.2, 0) is 4.74 Å². The maximum atomic E-state index is 11.5. The third-order valence-electron chi connectivity index (χ3n) is 2.46. The van der Waals surface area contributed by atoms with E-state index in [1.807, 2.05) is 0 Å². The molecule has 0 atom stereocenters. The van der Waals surface area contributed by atoms with Crippen molar-refractivity contribution in [1.82, 2.24) is 9.97 Å². The fraction of sp³-hybridized carbons (Fsp3) is 0.273. The first kappa shape index (κ1) is 13.0. The maximum Gasteiger partial charge on any atom is 0.311 e. The van der Waals surface area contributed by atoms with E-state index in [-0.39, 0.29) is 23.4 Å². The quantitative estimate of drug-likeness (QED) is 0.488. The van der Waals surface area contributed by atoms with Crippen LogP contribution < -0.4 is 10.3 Å². The van der Waals surface area contributed by atoms with Crippen molar-refractivity contribution >= 4 is 16.6 Å². The summed E-state index contributed by atoms with van der Waals surface area (Å²) >= 11 is 0. The minimum absolute atomic E-state index is 0.0626. The number of aromatic amines is 1. The van der Waals surface area contributed by atoms with Gasteiger partial charge in [-0.2, -0.15) is 0 Å². The third kappa shape index (κ3) is 2.68. The number of nitrogens with one attached hydrogen (secondary N) is 1. The average molecular weight is 265 g/mol. The van der Waals surface area contributed by atoms with E-state index in [1.54, 1.807) is 0 Å². The number of nitro groups is 1. The molecule has 0 spiro atoms. The lowest BCUT2D eigenvalue weighted by atomic mass is 10.2. The molecular weight excluding hydrogens is 254 g/mol. The lowest BCUT2D eigenvalue weighted by molar-refractivity contribution is -0.385. The first-order chi connectivity index (χ1) is 9.13. The number of hydrogen-bond donors (Lipinski definition) is 1. The van der Waals surface area contributed by atoms with Gasteiger partial charge in [0, 0.05) is 19.2 Å². The summed E-state index contributed by atoms with van der Waals surface area (Å²) in [7, 11) is 1.50. The number of methoxy groups -OCH3 is 1. The second-order valence-corrected chi connectivity index (χ2v) is 3.67. The van der Waals surface area contributed by atoms with Gasteiger partial charge in [0.15, 0.2) is 5.75 Å². The van der Waals surface area contributed by atoms with Crippen molar-refractivity contribution in [2.45, 2.75) is 0 Å². The monoisotopic (exact) mass is 265 g/mol. The molecule has 0 aliphatic carbocycles. The molecule has 0 fully saturated rings. The summed E-state index contributed by atoms with van der Waals surface area (Å²) in [6.45, 7) is 0.476. The van der Waals surface area contributed by atoms with E-state index in [0.717, 1.165) is 6.07 Å². The summed E-state index contributed by atoms with van der Waals surface area (Å²) in [5, 5.41) is 11.1. The first-order valence-electron chi connectivity index (χ1n) is 5.41. The van der Waals surface area contributed by atoms with Crippen LogP contribution in [0.4, 0.5) is 5.69 Å². The summed E-state index contributed by atoms with van der Waals surface area (Å²) in [4.78, 5) is 28.2. The molecule has 0 aliphatic rings. The zero-order valence-electron chi connectivity index (χ0n) is 10.1. The number of benzene rings is 1. The van der Waals surface area contributed by atoms with Crippen LogP contribution >= 0.6 is 0 Å². The van der Waals surface area contributed by atoms with Crippen molar-refractivity contribution in [3.8, 4) is 5.75 Å². The summed E-state index contributed by atoms with van der Waals surface area (Å²) in [5.74, 6) is 0.0626. The largest absolute Gasteiger partial charge is 0.484 e. The second-order valence-electron chi connectivity index (χ2n) is 3.67. The fourth-order valence-corrected chi connectivity index (χ4v) is 1.58. The van der Waals surface area contributed by atoms with Gasteiger partial charge in [0.05, 0.1) is 28.8 Å². The molecule has 0 saturated carbocycles. The Morgan fingerprint density at radius 2 is 2.21 bits per heavy atom. The second kappa shape index (κ2) is 5.44. The molecule has 0 radical (unpaired) electrons. The van der Waals surface area contributed by atoms with Gasteiger partial charge in [-0.1, -0.05) is 0 Å². The molecule has 1 aromatic carbocycles. The number of rotatable bonds is 5. The van der Waals surface area contributed by atoms with Gasteiger partial charge in [-0.3, -0.25) is 14.9 Å². The lowest BCUT2D eigenvalue weighted by Gasteiger charge is -2.06. The van der Waals surface area contributed by atoms with Crippen LogP contribution in [0.3, 0.4) is 0 Å². The molecule has 0 unspecified atom stereocenters. The third-order valence-corrected chi connectivity index (χ3v) is 2.46. The van der Waals surface area contributed by atoms with Crippen LogP contribution in [0.5, 0.6) is 5.75 Å². The molecule has 2 rings (SSSR count). The molecule has 8 heteroatoms. The van der Waals surface area contributed by atoms with Gasteiger partial charge >= 0.3 is 5.69 Å². The van der Waals surface area contributed by atoms with Crippen molar-refractivity contribution in [3.63, 3.8) is 0 Å². The van der Waals surface area contributed by atoms with Crippen LogP contribution in [-0.4, -0.2) is 35.2 Å². The summed E-state index contributed by atoms with van der Waals surface area (Å²) in [6.07, 6.45) is 1.23. The number of fused-ring (bicyclic) bond motifs is 1. The Bertz CT molecular complexity index is 667. The molecule has 0 saturated heterocycles. The van der Waals surface area contributed by atoms with E-state index in [1.165, 1.54) is 19.5 Å². The number of nitrogens with zero attached hydrogens (tertiary/aromatic N) is 2. The average Bonchev–Trinajstić information content (AvgIpc) is 2.38. The van der Waals surface area contributed by atoms with E-state index < -0.39 is 10.5 Å². The summed E-state index contributed by atoms with van der Waals surface area (Å²) in [5.41, 5.74) is -0.375. The normalized spacial score (nSPS) is 10.6. The van der Waals surface area contributed by atoms with E-state index in [0.29, 0.717) is 12.1 Å². The van der Waals surface area contributed by atoms with Gasteiger partial charge < -0.3 is 14.5 Å². The highest BCUT2D eigenvalue weighted by molar-refractivity contribution is 5.82. The summed E-state index contributed by atoms with van der Waals surface area (Å²) < 4.78 is 10.1. The van der Waals surface area contributed by atoms with Crippen molar-refractivity contribution in [1.29, 1.82) is 0 Å². The van der Waals surface area contributed by atoms with Crippen molar-refractivity contribution in [2.24, 2.45) is 0 Å². The first-order valence-corrected chi connectivity index (χ1v) is 5.41. The maximum absolute atomic E-state index is 11.5. The smallest absolute Gasteiger partial charge is 0.311 e. The van der Waals surface area contributed by atoms with Gasteiger partial charge in [-0.25, -0.2) is 4.98 Å². The highest BCUT2D eigenvalue weighted by Gasteiger charge is 2.18. The number of aromatic nitrogens is 2. The van der Waals surface area contributed by atoms with Crippen LogP contribution in [0.25, 0.3) is 10.9 Å². The fourth-order valence-electron chi connectivity index (χ4n) is 1.58. The Morgan fingerprint density at radius 1 is 1.42 bits per heavy atom. The van der Waals surface area contributed by atoms with Crippen molar-refractivity contribution in [3.05, 3.63) is 38.9 Å². The molecule has 0 bridgehead atoms. The molecule has 1 heterocycles. The molecule has 0 amide bonds. The van der Waals surface area contributed by atoms with Gasteiger partial charge in [-0.05, 0) is 0 Å². The topological polar surface area (TPSA) is 107 Å². The van der Waals surface area contributed by atoms with Gasteiger partial charge in [-0.15, -0.1) is 0 Å². The molecule has 19 heavy (non-hydrogen) atoms. The van der Waals surface area contributed by atoms with E-state index in [2.05, 4.69) is 9.97 Å². The van der Waals surface area contributed by atoms with Gasteiger partial charge in [0.1, 0.15) is 6.61 Å². The SMILES string of the molecule is COCCOc1cc2nc[nH]c(=O)c2cc1[N+](=O)[O-]. The Morgan fingerprint density at radius 3 is 2.89 bits per heavy atom. The number of hydrogen-bond acceptors (Lipinski definition) is 6. The van der Waals surface area contributed by atoms with Gasteiger partial charge in [0.2, 0.25) is 0 Å². The van der Waals surface area contributed by atoms with Crippen LogP contribution in [0, 0.1) is 10.1 Å².